The molecule has 0 saturated carbocycles. The molecule has 0 bridgehead atoms. The molecule has 0 aliphatic carbocycles. The summed E-state index contributed by atoms with van der Waals surface area (Å²) in [7, 11) is 0. The fourth-order valence-corrected chi connectivity index (χ4v) is 9.40. The van der Waals surface area contributed by atoms with Crippen LogP contribution >= 0.6 is 23.1 Å². The van der Waals surface area contributed by atoms with Gasteiger partial charge in [0.15, 0.2) is 10.6 Å². The summed E-state index contributed by atoms with van der Waals surface area (Å²) < 4.78 is 20.9. The average Bonchev–Trinajstić information content (AvgIpc) is 3.78. The third kappa shape index (κ3) is 8.96. The summed E-state index contributed by atoms with van der Waals surface area (Å²) in [5.74, 6) is -0.125. The van der Waals surface area contributed by atoms with Gasteiger partial charge >= 0.3 is 6.09 Å². The second-order valence-corrected chi connectivity index (χ2v) is 16.5. The molecule has 3 heterocycles. The highest BCUT2D eigenvalue weighted by Gasteiger charge is 2.40. The predicted octanol–water partition coefficient (Wildman–Crippen LogP) is 8.59. The molecule has 2 fully saturated rings. The molecule has 1 unspecified atom stereocenters. The number of carbonyl (C=O) groups excluding carboxylic acids is 3. The topological polar surface area (TPSA) is 127 Å². The smallest absolute Gasteiger partial charge is 0.408 e. The quantitative estimate of drug-likeness (QED) is 0.0925. The van der Waals surface area contributed by atoms with Gasteiger partial charge < -0.3 is 24.6 Å². The van der Waals surface area contributed by atoms with Crippen LogP contribution in [0.3, 0.4) is 0 Å². The zero-order valence-electron chi connectivity index (χ0n) is 31.2. The maximum atomic E-state index is 13.3. The minimum absolute atomic E-state index is 0.0220. The number of carbonyl (C=O) groups is 3. The molecule has 2 aliphatic rings. The van der Waals surface area contributed by atoms with Crippen molar-refractivity contribution in [3.8, 4) is 11.1 Å². The van der Waals surface area contributed by atoms with Crippen molar-refractivity contribution in [3.63, 3.8) is 0 Å². The SMILES string of the molecule is C[C@@H]1[C@H](CSc2nc3ccccc3s2)O[C@H](c2cccc(-c3cccc(CN4C(=O)CC(NC(=O)OCc5ccccc5)C4=O)c3)c2)O[C@@H]1c1ccc(CO)cc1. The highest BCUT2D eigenvalue weighted by Crippen LogP contribution is 2.44. The largest absolute Gasteiger partial charge is 0.445 e. The fraction of sp³-hybridized carbons (Fsp3) is 0.244. The van der Waals surface area contributed by atoms with Crippen LogP contribution in [0.2, 0.25) is 0 Å². The number of thiazole rings is 1. The van der Waals surface area contributed by atoms with Gasteiger partial charge in [-0.1, -0.05) is 122 Å². The van der Waals surface area contributed by atoms with Crippen LogP contribution in [0, 0.1) is 5.92 Å². The minimum Gasteiger partial charge on any atom is -0.445 e. The molecule has 2 aliphatic heterocycles. The molecule has 10 nitrogen and oxygen atoms in total. The second kappa shape index (κ2) is 17.4. The number of aliphatic hydroxyl groups excluding tert-OH is 1. The lowest BCUT2D eigenvalue weighted by atomic mass is 9.91. The number of likely N-dealkylation sites (tertiary alicyclic amines) is 1. The van der Waals surface area contributed by atoms with Crippen LogP contribution in [0.1, 0.15) is 53.6 Å². The number of benzene rings is 5. The lowest BCUT2D eigenvalue weighted by molar-refractivity contribution is -0.268. The number of thioether (sulfide) groups is 1. The molecule has 1 aromatic heterocycles. The predicted molar refractivity (Wildman–Crippen MR) is 219 cm³/mol. The Bertz CT molecular complexity index is 2340. The number of nitrogens with one attached hydrogen (secondary N) is 1. The zero-order valence-corrected chi connectivity index (χ0v) is 32.8. The number of ether oxygens (including phenoxy) is 3. The molecule has 8 rings (SSSR count). The first-order chi connectivity index (χ1) is 27.8. The molecule has 3 amide bonds. The summed E-state index contributed by atoms with van der Waals surface area (Å²) in [6.07, 6.45) is -1.96. The summed E-state index contributed by atoms with van der Waals surface area (Å²) in [5.41, 5.74) is 7.10. The number of amides is 3. The van der Waals surface area contributed by atoms with Crippen LogP contribution in [0.15, 0.2) is 132 Å². The first-order valence-electron chi connectivity index (χ1n) is 18.8. The number of aliphatic hydroxyl groups is 1. The molecule has 0 radical (unpaired) electrons. The van der Waals surface area contributed by atoms with Gasteiger partial charge in [-0.25, -0.2) is 9.78 Å². The van der Waals surface area contributed by atoms with Crippen LogP contribution in [0.4, 0.5) is 4.79 Å². The summed E-state index contributed by atoms with van der Waals surface area (Å²) in [4.78, 5) is 44.7. The van der Waals surface area contributed by atoms with E-state index in [1.807, 2.05) is 115 Å². The molecule has 0 spiro atoms. The van der Waals surface area contributed by atoms with Crippen LogP contribution < -0.4 is 5.32 Å². The maximum absolute atomic E-state index is 13.3. The van der Waals surface area contributed by atoms with E-state index in [-0.39, 0.29) is 50.2 Å². The summed E-state index contributed by atoms with van der Waals surface area (Å²) >= 11 is 3.37. The number of hydrogen-bond acceptors (Lipinski definition) is 10. The Balaban J connectivity index is 0.968. The second-order valence-electron chi connectivity index (χ2n) is 14.2. The Hall–Kier alpha value is -5.37. The molecule has 12 heteroatoms. The van der Waals surface area contributed by atoms with E-state index < -0.39 is 24.3 Å². The van der Waals surface area contributed by atoms with Gasteiger partial charge in [0, 0.05) is 17.2 Å². The van der Waals surface area contributed by atoms with Crippen LogP contribution in [-0.4, -0.2) is 50.8 Å². The first-order valence-corrected chi connectivity index (χ1v) is 20.6. The molecular weight excluding hydrogens is 759 g/mol. The number of para-hydroxylation sites is 1. The Kier molecular flexibility index (Phi) is 11.8. The van der Waals surface area contributed by atoms with Crippen molar-refractivity contribution in [1.29, 1.82) is 0 Å². The van der Waals surface area contributed by atoms with Crippen molar-refractivity contribution in [2.75, 3.05) is 5.75 Å². The van der Waals surface area contributed by atoms with Gasteiger partial charge in [0.1, 0.15) is 12.6 Å². The highest BCUT2D eigenvalue weighted by atomic mass is 32.2. The van der Waals surface area contributed by atoms with Gasteiger partial charge in [0.05, 0.1) is 42.0 Å². The Morgan fingerprint density at radius 1 is 0.860 bits per heavy atom. The van der Waals surface area contributed by atoms with E-state index in [2.05, 4.69) is 24.4 Å². The van der Waals surface area contributed by atoms with E-state index in [1.54, 1.807) is 23.1 Å². The number of fused-ring (bicyclic) bond motifs is 1. The van der Waals surface area contributed by atoms with Gasteiger partial charge in [-0.05, 0) is 57.6 Å². The van der Waals surface area contributed by atoms with Crippen LogP contribution in [-0.2, 0) is 43.6 Å². The number of rotatable bonds is 12. The van der Waals surface area contributed by atoms with Crippen LogP contribution in [0.25, 0.3) is 21.3 Å². The normalized spacial score (nSPS) is 20.9. The van der Waals surface area contributed by atoms with Crippen molar-refractivity contribution in [1.82, 2.24) is 15.2 Å². The van der Waals surface area contributed by atoms with E-state index >= 15 is 0 Å². The Morgan fingerprint density at radius 3 is 2.39 bits per heavy atom. The molecule has 2 N–H and O–H groups in total. The summed E-state index contributed by atoms with van der Waals surface area (Å²) in [5, 5.41) is 12.2. The van der Waals surface area contributed by atoms with Gasteiger partial charge in [-0.15, -0.1) is 11.3 Å². The van der Waals surface area contributed by atoms with E-state index in [4.69, 9.17) is 19.2 Å². The van der Waals surface area contributed by atoms with Gasteiger partial charge in [0.25, 0.3) is 5.91 Å². The van der Waals surface area contributed by atoms with Crippen molar-refractivity contribution >= 4 is 51.2 Å². The number of alkyl carbamates (subject to hydrolysis) is 1. The van der Waals surface area contributed by atoms with Crippen LogP contribution in [0.5, 0.6) is 0 Å². The Morgan fingerprint density at radius 2 is 1.60 bits per heavy atom. The third-order valence-corrected chi connectivity index (χ3v) is 12.5. The standard InChI is InChI=1S/C45H41N3O7S2/c1-28-38(27-56-45-47-36-15-5-6-16-39(36)57-45)54-43(55-41(28)32-19-17-29(25-49)18-20-32)35-14-8-13-34(22-35)33-12-7-11-31(21-33)24-48-40(50)23-37(42(48)51)46-44(52)53-26-30-9-3-2-4-10-30/h2-22,28,37-38,41,43,49H,23-27H2,1H3,(H,46,52)/t28-,37?,38+,41+,43+/m1/s1. The monoisotopic (exact) mass is 799 g/mol. The third-order valence-electron chi connectivity index (χ3n) is 10.3. The lowest BCUT2D eigenvalue weighted by Gasteiger charge is -2.41. The van der Waals surface area contributed by atoms with E-state index in [1.165, 1.54) is 4.90 Å². The van der Waals surface area contributed by atoms with Gasteiger partial charge in [0.2, 0.25) is 5.91 Å². The van der Waals surface area contributed by atoms with Gasteiger partial charge in [-0.2, -0.15) is 0 Å². The number of imide groups is 1. The average molecular weight is 800 g/mol. The Labute approximate surface area is 338 Å². The molecule has 5 atom stereocenters. The molecule has 290 valence electrons. The highest BCUT2D eigenvalue weighted by molar-refractivity contribution is 8.01. The van der Waals surface area contributed by atoms with E-state index in [0.717, 1.165) is 53.5 Å². The zero-order chi connectivity index (χ0) is 39.3. The molecule has 2 saturated heterocycles. The van der Waals surface area contributed by atoms with Crippen molar-refractivity contribution in [3.05, 3.63) is 155 Å². The first kappa shape index (κ1) is 38.5. The maximum Gasteiger partial charge on any atom is 0.408 e. The van der Waals surface area contributed by atoms with E-state index in [0.29, 0.717) is 5.75 Å². The number of hydrogen-bond donors (Lipinski definition) is 2. The minimum atomic E-state index is -0.987. The summed E-state index contributed by atoms with van der Waals surface area (Å²) in [6, 6.07) is 40.0. The molecule has 57 heavy (non-hydrogen) atoms. The van der Waals surface area contributed by atoms with Crippen molar-refractivity contribution < 1.29 is 33.7 Å². The molecule has 6 aromatic rings. The van der Waals surface area contributed by atoms with E-state index in [9.17, 15) is 19.5 Å². The lowest BCUT2D eigenvalue weighted by Crippen LogP contribution is -2.41. The fourth-order valence-electron chi connectivity index (χ4n) is 7.14. The van der Waals surface area contributed by atoms with Gasteiger partial charge in [-0.3, -0.25) is 14.5 Å². The van der Waals surface area contributed by atoms with Crippen molar-refractivity contribution in [2.45, 2.75) is 62.0 Å². The number of aromatic nitrogens is 1. The molecular formula is C45H41N3O7S2. The number of nitrogens with zero attached hydrogens (tertiary/aromatic N) is 2. The van der Waals surface area contributed by atoms with Crippen molar-refractivity contribution in [2.24, 2.45) is 5.92 Å². The molecule has 5 aromatic carbocycles. The summed E-state index contributed by atoms with van der Waals surface area (Å²) in [6.45, 7) is 2.25.